The van der Waals surface area contributed by atoms with E-state index in [1.165, 1.54) is 38.2 Å². The Morgan fingerprint density at radius 2 is 1.71 bits per heavy atom. The lowest BCUT2D eigenvalue weighted by molar-refractivity contribution is -0.125. The summed E-state index contributed by atoms with van der Waals surface area (Å²) in [4.78, 5) is 27.6. The summed E-state index contributed by atoms with van der Waals surface area (Å²) in [6.07, 6.45) is 8.96. The van der Waals surface area contributed by atoms with Gasteiger partial charge in [0.2, 0.25) is 0 Å². The topological polar surface area (TPSA) is 92.7 Å². The Bertz CT molecular complexity index is 1280. The number of carbonyl (C=O) groups excluding carboxylic acids is 2. The highest BCUT2D eigenvalue weighted by atomic mass is 32.2. The molecule has 5 rings (SSSR count). The van der Waals surface area contributed by atoms with E-state index < -0.39 is 27.1 Å². The number of ketones is 2. The fourth-order valence-electron chi connectivity index (χ4n) is 5.89. The van der Waals surface area contributed by atoms with E-state index in [-0.39, 0.29) is 16.5 Å². The molecule has 1 aliphatic heterocycles. The predicted molar refractivity (Wildman–Crippen MR) is 132 cm³/mol. The van der Waals surface area contributed by atoms with Gasteiger partial charge in [-0.1, -0.05) is 81.3 Å². The Hall–Kier alpha value is -2.80. The lowest BCUT2D eigenvalue weighted by atomic mass is 9.63. The third-order valence-corrected chi connectivity index (χ3v) is 9.14. The summed E-state index contributed by atoms with van der Waals surface area (Å²) < 4.78 is 29.6. The quantitative estimate of drug-likeness (QED) is 0.590. The average Bonchev–Trinajstić information content (AvgIpc) is 2.83. The van der Waals surface area contributed by atoms with Crippen molar-refractivity contribution in [1.82, 2.24) is 0 Å². The minimum atomic E-state index is -4.01. The maximum Gasteiger partial charge on any atom is 0.286 e. The minimum Gasteiger partial charge on any atom is -0.341 e. The molecule has 1 N–H and O–H groups in total. The van der Waals surface area contributed by atoms with E-state index in [1.54, 1.807) is 30.3 Å². The van der Waals surface area contributed by atoms with Crippen LogP contribution in [0.25, 0.3) is 0 Å². The van der Waals surface area contributed by atoms with E-state index in [1.807, 2.05) is 19.1 Å². The second-order valence-corrected chi connectivity index (χ2v) is 11.6. The number of amidine groups is 1. The van der Waals surface area contributed by atoms with Crippen LogP contribution in [-0.2, 0) is 20.2 Å². The molecule has 6 nitrogen and oxygen atoms in total. The molecule has 2 unspecified atom stereocenters. The molecule has 1 fully saturated rings. The second-order valence-electron chi connectivity index (χ2n) is 10.0. The van der Waals surface area contributed by atoms with Gasteiger partial charge in [-0.25, -0.2) is 0 Å². The van der Waals surface area contributed by atoms with Gasteiger partial charge in [0, 0.05) is 5.56 Å². The van der Waals surface area contributed by atoms with Crippen molar-refractivity contribution in [3.05, 3.63) is 59.7 Å². The van der Waals surface area contributed by atoms with E-state index in [4.69, 9.17) is 0 Å². The van der Waals surface area contributed by atoms with Crippen molar-refractivity contribution >= 4 is 33.1 Å². The first-order chi connectivity index (χ1) is 16.3. The Kier molecular flexibility index (Phi) is 5.92. The first kappa shape index (κ1) is 23.0. The standard InChI is InChI=1S/C27H30N2O4S/c1-27(17-9-12-18-10-3-2-4-11-18)20-14-6-5-13-19(20)24(30)23(25(27)31)26-28-21-15-7-8-16-22(21)34(32,33)29-26/h5-8,13-16,18,23H,2-4,9-12,17H2,1H3,(H,28,29). The van der Waals surface area contributed by atoms with Gasteiger partial charge in [-0.3, -0.25) is 9.59 Å². The van der Waals surface area contributed by atoms with Gasteiger partial charge in [-0.05, 0) is 37.0 Å². The van der Waals surface area contributed by atoms with Crippen molar-refractivity contribution in [3.63, 3.8) is 0 Å². The number of anilines is 1. The molecule has 0 spiro atoms. The molecule has 3 aliphatic rings. The number of carbonyl (C=O) groups is 2. The van der Waals surface area contributed by atoms with Crippen LogP contribution in [-0.4, -0.2) is 25.8 Å². The highest BCUT2D eigenvalue weighted by Crippen LogP contribution is 2.43. The van der Waals surface area contributed by atoms with Gasteiger partial charge in [0.15, 0.2) is 11.6 Å². The summed E-state index contributed by atoms with van der Waals surface area (Å²) in [5.74, 6) is -1.33. The fraction of sp³-hybridized carbons (Fsp3) is 0.444. The predicted octanol–water partition coefficient (Wildman–Crippen LogP) is 5.29. The lowest BCUT2D eigenvalue weighted by Crippen LogP contribution is -2.51. The first-order valence-corrected chi connectivity index (χ1v) is 13.6. The zero-order valence-corrected chi connectivity index (χ0v) is 20.2. The van der Waals surface area contributed by atoms with Crippen LogP contribution in [0.1, 0.15) is 74.2 Å². The first-order valence-electron chi connectivity index (χ1n) is 12.2. The monoisotopic (exact) mass is 478 g/mol. The van der Waals surface area contributed by atoms with Crippen LogP contribution in [0.2, 0.25) is 0 Å². The third kappa shape index (κ3) is 3.90. The number of para-hydroxylation sites is 1. The molecule has 1 heterocycles. The minimum absolute atomic E-state index is 0.0464. The molecule has 2 aromatic carbocycles. The second kappa shape index (κ2) is 8.77. The molecule has 0 saturated heterocycles. The molecule has 2 aliphatic carbocycles. The zero-order chi connectivity index (χ0) is 23.9. The largest absolute Gasteiger partial charge is 0.341 e. The smallest absolute Gasteiger partial charge is 0.286 e. The third-order valence-electron chi connectivity index (χ3n) is 7.79. The lowest BCUT2D eigenvalue weighted by Gasteiger charge is -2.39. The molecule has 7 heteroatoms. The van der Waals surface area contributed by atoms with Crippen LogP contribution in [0.4, 0.5) is 5.69 Å². The van der Waals surface area contributed by atoms with Crippen LogP contribution in [0.15, 0.2) is 57.8 Å². The molecular weight excluding hydrogens is 448 g/mol. The zero-order valence-electron chi connectivity index (χ0n) is 19.4. The van der Waals surface area contributed by atoms with E-state index >= 15 is 0 Å². The number of hydrogen-bond donors (Lipinski definition) is 1. The SMILES string of the molecule is CC1(CCCC2CCCCC2)C(=O)C(C2=NS(=O)(=O)c3ccccc3N2)C(=O)c2ccccc21. The van der Waals surface area contributed by atoms with Gasteiger partial charge in [-0.15, -0.1) is 4.40 Å². The molecular formula is C27H30N2O4S. The number of nitrogens with zero attached hydrogens (tertiary/aromatic N) is 1. The van der Waals surface area contributed by atoms with Crippen molar-refractivity contribution in [1.29, 1.82) is 0 Å². The summed E-state index contributed by atoms with van der Waals surface area (Å²) in [6, 6.07) is 13.7. The van der Waals surface area contributed by atoms with E-state index in [2.05, 4.69) is 9.71 Å². The maximum atomic E-state index is 14.0. The molecule has 0 amide bonds. The van der Waals surface area contributed by atoms with Gasteiger partial charge in [0.05, 0.1) is 11.1 Å². The number of sulfonamides is 1. The van der Waals surface area contributed by atoms with E-state index in [0.29, 0.717) is 23.6 Å². The van der Waals surface area contributed by atoms with Gasteiger partial charge < -0.3 is 5.32 Å². The van der Waals surface area contributed by atoms with Crippen molar-refractivity contribution in [2.24, 2.45) is 16.2 Å². The molecule has 0 radical (unpaired) electrons. The summed E-state index contributed by atoms with van der Waals surface area (Å²) in [5.41, 5.74) is 0.679. The van der Waals surface area contributed by atoms with Gasteiger partial charge in [0.25, 0.3) is 10.0 Å². The molecule has 2 aromatic rings. The Morgan fingerprint density at radius 3 is 2.50 bits per heavy atom. The normalized spacial score (nSPS) is 26.3. The Balaban J connectivity index is 1.49. The number of benzene rings is 2. The molecule has 0 aromatic heterocycles. The molecule has 1 saturated carbocycles. The van der Waals surface area contributed by atoms with Gasteiger partial charge in [-0.2, -0.15) is 8.42 Å². The molecule has 178 valence electrons. The van der Waals surface area contributed by atoms with Crippen LogP contribution in [0.5, 0.6) is 0 Å². The van der Waals surface area contributed by atoms with Gasteiger partial charge in [0.1, 0.15) is 16.6 Å². The van der Waals surface area contributed by atoms with Crippen LogP contribution in [0, 0.1) is 11.8 Å². The maximum absolute atomic E-state index is 14.0. The van der Waals surface area contributed by atoms with E-state index in [9.17, 15) is 18.0 Å². The van der Waals surface area contributed by atoms with E-state index in [0.717, 1.165) is 18.4 Å². The highest BCUT2D eigenvalue weighted by Gasteiger charge is 2.51. The summed E-state index contributed by atoms with van der Waals surface area (Å²) in [7, 11) is -4.01. The molecule has 0 bridgehead atoms. The number of Topliss-reactive ketones (excluding diaryl/α,β-unsaturated/α-hetero) is 2. The number of hydrogen-bond acceptors (Lipinski definition) is 5. The van der Waals surface area contributed by atoms with Crippen molar-refractivity contribution < 1.29 is 18.0 Å². The van der Waals surface area contributed by atoms with Crippen molar-refractivity contribution in [3.8, 4) is 0 Å². The van der Waals surface area contributed by atoms with Crippen molar-refractivity contribution in [2.75, 3.05) is 5.32 Å². The van der Waals surface area contributed by atoms with Crippen LogP contribution in [0.3, 0.4) is 0 Å². The molecule has 34 heavy (non-hydrogen) atoms. The number of fused-ring (bicyclic) bond motifs is 2. The summed E-state index contributed by atoms with van der Waals surface area (Å²) in [5, 5.41) is 2.99. The van der Waals surface area contributed by atoms with Gasteiger partial charge >= 0.3 is 0 Å². The highest BCUT2D eigenvalue weighted by molar-refractivity contribution is 7.90. The number of nitrogens with one attached hydrogen (secondary N) is 1. The average molecular weight is 479 g/mol. The number of rotatable bonds is 5. The van der Waals surface area contributed by atoms with Crippen molar-refractivity contribution in [2.45, 2.75) is 68.6 Å². The molecule has 2 atom stereocenters. The van der Waals surface area contributed by atoms with Crippen LogP contribution >= 0.6 is 0 Å². The van der Waals surface area contributed by atoms with Crippen LogP contribution < -0.4 is 5.32 Å². The summed E-state index contributed by atoms with van der Waals surface area (Å²) >= 11 is 0. The Morgan fingerprint density at radius 1 is 1.00 bits per heavy atom. The fourth-order valence-corrected chi connectivity index (χ4v) is 7.05. The summed E-state index contributed by atoms with van der Waals surface area (Å²) in [6.45, 7) is 1.90. The Labute approximate surface area is 200 Å².